The van der Waals surface area contributed by atoms with Crippen LogP contribution in [0.1, 0.15) is 17.5 Å². The molecule has 4 rings (SSSR count). The van der Waals surface area contributed by atoms with E-state index in [-0.39, 0.29) is 17.7 Å². The standard InChI is InChI=1S/C24H31N3O3S/c28-24(27-14-12-26(13-15-27)23-11-16-31(29,30)20-23)19-25(17-21-7-3-1-4-8-21)18-22-9-5-2-6-10-22/h1-10,23H,11-20H2. The summed E-state index contributed by atoms with van der Waals surface area (Å²) in [5.41, 5.74) is 2.39. The van der Waals surface area contributed by atoms with Gasteiger partial charge in [0.1, 0.15) is 0 Å². The van der Waals surface area contributed by atoms with E-state index >= 15 is 0 Å². The van der Waals surface area contributed by atoms with Gasteiger partial charge in [-0.3, -0.25) is 14.6 Å². The number of carbonyl (C=O) groups excluding carboxylic acids is 1. The maximum Gasteiger partial charge on any atom is 0.236 e. The van der Waals surface area contributed by atoms with Gasteiger partial charge >= 0.3 is 0 Å². The fourth-order valence-electron chi connectivity index (χ4n) is 4.54. The van der Waals surface area contributed by atoms with E-state index in [0.29, 0.717) is 25.4 Å². The van der Waals surface area contributed by atoms with Gasteiger partial charge < -0.3 is 4.90 Å². The number of hydrogen-bond acceptors (Lipinski definition) is 5. The van der Waals surface area contributed by atoms with Gasteiger partial charge in [0.2, 0.25) is 5.91 Å². The van der Waals surface area contributed by atoms with Crippen LogP contribution in [0.5, 0.6) is 0 Å². The third kappa shape index (κ3) is 6.15. The van der Waals surface area contributed by atoms with Crippen LogP contribution in [0.2, 0.25) is 0 Å². The van der Waals surface area contributed by atoms with Gasteiger partial charge in [0.05, 0.1) is 18.1 Å². The predicted molar refractivity (Wildman–Crippen MR) is 122 cm³/mol. The van der Waals surface area contributed by atoms with E-state index < -0.39 is 9.84 Å². The molecule has 2 aromatic rings. The van der Waals surface area contributed by atoms with Gasteiger partial charge in [-0.25, -0.2) is 8.42 Å². The molecule has 31 heavy (non-hydrogen) atoms. The van der Waals surface area contributed by atoms with Gasteiger partial charge in [-0.05, 0) is 17.5 Å². The second-order valence-corrected chi connectivity index (χ2v) is 10.8. The highest BCUT2D eigenvalue weighted by Crippen LogP contribution is 2.19. The molecule has 0 aliphatic carbocycles. The van der Waals surface area contributed by atoms with Crippen molar-refractivity contribution in [2.24, 2.45) is 0 Å². The number of amides is 1. The molecule has 2 saturated heterocycles. The fraction of sp³-hybridized carbons (Fsp3) is 0.458. The molecule has 2 aromatic carbocycles. The Balaban J connectivity index is 1.34. The van der Waals surface area contributed by atoms with Crippen LogP contribution in [0, 0.1) is 0 Å². The molecule has 2 heterocycles. The third-order valence-electron chi connectivity index (χ3n) is 6.25. The summed E-state index contributed by atoms with van der Waals surface area (Å²) < 4.78 is 23.6. The Kier molecular flexibility index (Phi) is 7.05. The van der Waals surface area contributed by atoms with Crippen molar-refractivity contribution in [2.75, 3.05) is 44.2 Å². The number of piperazine rings is 1. The second-order valence-electron chi connectivity index (χ2n) is 8.59. The molecule has 0 aromatic heterocycles. The van der Waals surface area contributed by atoms with Crippen LogP contribution in [-0.4, -0.2) is 79.3 Å². The zero-order chi connectivity index (χ0) is 21.7. The second kappa shape index (κ2) is 9.94. The zero-order valence-corrected chi connectivity index (χ0v) is 18.7. The quantitative estimate of drug-likeness (QED) is 0.658. The molecule has 166 valence electrons. The molecule has 0 bridgehead atoms. The number of sulfone groups is 1. The van der Waals surface area contributed by atoms with E-state index in [9.17, 15) is 13.2 Å². The van der Waals surface area contributed by atoms with E-state index in [4.69, 9.17) is 0 Å². The molecule has 2 aliphatic heterocycles. The number of carbonyl (C=O) groups is 1. The van der Waals surface area contributed by atoms with Crippen molar-refractivity contribution >= 4 is 15.7 Å². The highest BCUT2D eigenvalue weighted by molar-refractivity contribution is 7.91. The molecule has 2 fully saturated rings. The number of nitrogens with zero attached hydrogens (tertiary/aromatic N) is 3. The molecular formula is C24H31N3O3S. The van der Waals surface area contributed by atoms with Crippen molar-refractivity contribution in [1.82, 2.24) is 14.7 Å². The maximum atomic E-state index is 13.1. The monoisotopic (exact) mass is 441 g/mol. The van der Waals surface area contributed by atoms with Crippen LogP contribution in [0.15, 0.2) is 60.7 Å². The number of benzene rings is 2. The Morgan fingerprint density at radius 1 is 0.871 bits per heavy atom. The van der Waals surface area contributed by atoms with Crippen molar-refractivity contribution < 1.29 is 13.2 Å². The minimum atomic E-state index is -2.88. The van der Waals surface area contributed by atoms with Crippen LogP contribution in [0.25, 0.3) is 0 Å². The normalized spacial score (nSPS) is 21.5. The third-order valence-corrected chi connectivity index (χ3v) is 8.00. The van der Waals surface area contributed by atoms with Gasteiger partial charge in [-0.2, -0.15) is 0 Å². The fourth-order valence-corrected chi connectivity index (χ4v) is 6.30. The van der Waals surface area contributed by atoms with Crippen molar-refractivity contribution in [2.45, 2.75) is 25.6 Å². The summed E-state index contributed by atoms with van der Waals surface area (Å²) in [5.74, 6) is 0.707. The Morgan fingerprint density at radius 3 is 1.90 bits per heavy atom. The highest BCUT2D eigenvalue weighted by Gasteiger charge is 2.34. The molecule has 7 heteroatoms. The summed E-state index contributed by atoms with van der Waals surface area (Å²) in [6.07, 6.45) is 0.720. The smallest absolute Gasteiger partial charge is 0.236 e. The largest absolute Gasteiger partial charge is 0.339 e. The maximum absolute atomic E-state index is 13.1. The molecule has 0 N–H and O–H groups in total. The van der Waals surface area contributed by atoms with Crippen molar-refractivity contribution in [3.8, 4) is 0 Å². The van der Waals surface area contributed by atoms with E-state index in [1.165, 1.54) is 11.1 Å². The van der Waals surface area contributed by atoms with Crippen LogP contribution in [0.4, 0.5) is 0 Å². The Morgan fingerprint density at radius 2 is 1.42 bits per heavy atom. The van der Waals surface area contributed by atoms with Gasteiger partial charge in [0, 0.05) is 45.3 Å². The summed E-state index contributed by atoms with van der Waals surface area (Å²) in [6, 6.07) is 20.6. The summed E-state index contributed by atoms with van der Waals surface area (Å²) in [6.45, 7) is 4.66. The van der Waals surface area contributed by atoms with Gasteiger partial charge in [0.25, 0.3) is 0 Å². The lowest BCUT2D eigenvalue weighted by Crippen LogP contribution is -2.53. The topological polar surface area (TPSA) is 60.9 Å². The summed E-state index contributed by atoms with van der Waals surface area (Å²) in [7, 11) is -2.88. The highest BCUT2D eigenvalue weighted by atomic mass is 32.2. The zero-order valence-electron chi connectivity index (χ0n) is 17.9. The molecular weight excluding hydrogens is 410 g/mol. The van der Waals surface area contributed by atoms with Crippen molar-refractivity contribution in [3.05, 3.63) is 71.8 Å². The minimum Gasteiger partial charge on any atom is -0.339 e. The summed E-state index contributed by atoms with van der Waals surface area (Å²) in [5, 5.41) is 0. The minimum absolute atomic E-state index is 0.120. The van der Waals surface area contributed by atoms with Crippen molar-refractivity contribution in [3.63, 3.8) is 0 Å². The van der Waals surface area contributed by atoms with E-state index in [1.54, 1.807) is 0 Å². The SMILES string of the molecule is O=C(CN(Cc1ccccc1)Cc1ccccc1)N1CCN(C2CCS(=O)(=O)C2)CC1. The van der Waals surface area contributed by atoms with Crippen LogP contribution in [-0.2, 0) is 27.7 Å². The average molecular weight is 442 g/mol. The first-order valence-corrected chi connectivity index (χ1v) is 12.8. The average Bonchev–Trinajstić information content (AvgIpc) is 3.15. The van der Waals surface area contributed by atoms with Crippen LogP contribution < -0.4 is 0 Å². The molecule has 6 nitrogen and oxygen atoms in total. The number of hydrogen-bond donors (Lipinski definition) is 0. The van der Waals surface area contributed by atoms with E-state index in [2.05, 4.69) is 34.1 Å². The molecule has 0 spiro atoms. The lowest BCUT2D eigenvalue weighted by molar-refractivity contribution is -0.134. The first kappa shape index (κ1) is 22.0. The van der Waals surface area contributed by atoms with E-state index in [0.717, 1.165) is 32.6 Å². The van der Waals surface area contributed by atoms with E-state index in [1.807, 2.05) is 41.3 Å². The molecule has 2 aliphatic rings. The lowest BCUT2D eigenvalue weighted by atomic mass is 10.1. The molecule has 0 saturated carbocycles. The molecule has 1 unspecified atom stereocenters. The van der Waals surface area contributed by atoms with Gasteiger partial charge in [-0.1, -0.05) is 60.7 Å². The van der Waals surface area contributed by atoms with Crippen LogP contribution in [0.3, 0.4) is 0 Å². The summed E-state index contributed by atoms with van der Waals surface area (Å²) in [4.78, 5) is 19.5. The Labute approximate surface area is 185 Å². The van der Waals surface area contributed by atoms with Crippen molar-refractivity contribution in [1.29, 1.82) is 0 Å². The Bertz CT molecular complexity index is 917. The molecule has 1 atom stereocenters. The first-order valence-electron chi connectivity index (χ1n) is 11.0. The van der Waals surface area contributed by atoms with Crippen LogP contribution >= 0.6 is 0 Å². The Hall–Kier alpha value is -2.22. The van der Waals surface area contributed by atoms with Gasteiger partial charge in [-0.15, -0.1) is 0 Å². The summed E-state index contributed by atoms with van der Waals surface area (Å²) >= 11 is 0. The predicted octanol–water partition coefficient (Wildman–Crippen LogP) is 2.02. The first-order chi connectivity index (χ1) is 15.0. The lowest BCUT2D eigenvalue weighted by Gasteiger charge is -2.38. The number of rotatable bonds is 7. The molecule has 0 radical (unpaired) electrons. The molecule has 1 amide bonds. The van der Waals surface area contributed by atoms with Gasteiger partial charge in [0.15, 0.2) is 9.84 Å².